The van der Waals surface area contributed by atoms with Crippen LogP contribution < -0.4 is 5.32 Å². The number of alkyl halides is 3. The summed E-state index contributed by atoms with van der Waals surface area (Å²) in [5.74, 6) is -0.513. The molecule has 0 aliphatic carbocycles. The van der Waals surface area contributed by atoms with E-state index in [9.17, 15) is 18.0 Å². The predicted molar refractivity (Wildman–Crippen MR) is 74.0 cm³/mol. The molecule has 0 aliphatic rings. The molecule has 0 unspecified atom stereocenters. The third-order valence-electron chi connectivity index (χ3n) is 2.99. The van der Waals surface area contributed by atoms with Gasteiger partial charge in [-0.3, -0.25) is 4.79 Å². The van der Waals surface area contributed by atoms with Crippen LogP contribution in [0.15, 0.2) is 42.5 Å². The summed E-state index contributed by atoms with van der Waals surface area (Å²) >= 11 is 0. The van der Waals surface area contributed by atoms with Gasteiger partial charge < -0.3 is 5.32 Å². The summed E-state index contributed by atoms with van der Waals surface area (Å²) in [7, 11) is 0. The zero-order chi connectivity index (χ0) is 15.6. The van der Waals surface area contributed by atoms with Crippen LogP contribution in [0.2, 0.25) is 0 Å². The van der Waals surface area contributed by atoms with E-state index in [2.05, 4.69) is 5.32 Å². The molecule has 0 saturated carbocycles. The number of aryl methyl sites for hydroxylation is 1. The molecule has 0 saturated heterocycles. The Balaban J connectivity index is 2.21. The number of carbonyl (C=O) groups is 1. The van der Waals surface area contributed by atoms with E-state index in [0.29, 0.717) is 5.56 Å². The lowest BCUT2D eigenvalue weighted by Crippen LogP contribution is -2.13. The minimum Gasteiger partial charge on any atom is -0.322 e. The van der Waals surface area contributed by atoms with Gasteiger partial charge in [0.1, 0.15) is 0 Å². The molecule has 0 aromatic heterocycles. The van der Waals surface area contributed by atoms with Crippen molar-refractivity contribution < 1.29 is 18.0 Å². The summed E-state index contributed by atoms with van der Waals surface area (Å²) in [6.45, 7) is 7.50. The molecule has 108 valence electrons. The van der Waals surface area contributed by atoms with Gasteiger partial charge in [-0.05, 0) is 55.3 Å². The number of halogens is 3. The molecule has 2 aromatic carbocycles. The SMILES string of the molecule is [CH]c1cc(C(=O)Nc2cccc(C(F)(F)F)c2)ccc1C. The summed E-state index contributed by atoms with van der Waals surface area (Å²) in [4.78, 5) is 12.0. The second kappa shape index (κ2) is 5.60. The Morgan fingerprint density at radius 1 is 1.14 bits per heavy atom. The number of carbonyl (C=O) groups excluding carboxylic acids is 1. The van der Waals surface area contributed by atoms with Crippen LogP contribution in [0.25, 0.3) is 0 Å². The minimum absolute atomic E-state index is 0.0778. The number of amides is 1. The Hall–Kier alpha value is -2.30. The molecule has 0 aliphatic heterocycles. The van der Waals surface area contributed by atoms with Crippen LogP contribution in [0.5, 0.6) is 0 Å². The Morgan fingerprint density at radius 3 is 2.48 bits per heavy atom. The number of nitrogens with one attached hydrogen (secondary N) is 1. The Labute approximate surface area is 120 Å². The molecule has 21 heavy (non-hydrogen) atoms. The number of hydrogen-bond acceptors (Lipinski definition) is 1. The fourth-order valence-electron chi connectivity index (χ4n) is 1.76. The lowest BCUT2D eigenvalue weighted by molar-refractivity contribution is -0.137. The van der Waals surface area contributed by atoms with Gasteiger partial charge in [0.05, 0.1) is 5.56 Å². The fraction of sp³-hybridized carbons (Fsp3) is 0.125. The van der Waals surface area contributed by atoms with Gasteiger partial charge in [0.15, 0.2) is 0 Å². The van der Waals surface area contributed by atoms with Crippen molar-refractivity contribution in [2.45, 2.75) is 13.1 Å². The van der Waals surface area contributed by atoms with E-state index in [1.165, 1.54) is 18.2 Å². The fourth-order valence-corrected chi connectivity index (χ4v) is 1.76. The number of benzene rings is 2. The van der Waals surface area contributed by atoms with Gasteiger partial charge in [0.2, 0.25) is 0 Å². The van der Waals surface area contributed by atoms with E-state index in [1.807, 2.05) is 0 Å². The van der Waals surface area contributed by atoms with Crippen LogP contribution in [0.4, 0.5) is 18.9 Å². The van der Waals surface area contributed by atoms with Crippen molar-refractivity contribution in [3.8, 4) is 0 Å². The number of hydrogen-bond donors (Lipinski definition) is 1. The summed E-state index contributed by atoms with van der Waals surface area (Å²) in [5.41, 5.74) is 0.825. The Bertz CT molecular complexity index is 677. The highest BCUT2D eigenvalue weighted by Gasteiger charge is 2.30. The molecule has 1 amide bonds. The van der Waals surface area contributed by atoms with Crippen molar-refractivity contribution in [2.75, 3.05) is 5.32 Å². The van der Waals surface area contributed by atoms with Gasteiger partial charge in [-0.25, -0.2) is 0 Å². The van der Waals surface area contributed by atoms with Crippen LogP contribution in [0.3, 0.4) is 0 Å². The Morgan fingerprint density at radius 2 is 1.86 bits per heavy atom. The first-order chi connectivity index (χ1) is 9.77. The third kappa shape index (κ3) is 3.62. The van der Waals surface area contributed by atoms with E-state index >= 15 is 0 Å². The molecule has 2 nitrogen and oxygen atoms in total. The van der Waals surface area contributed by atoms with Gasteiger partial charge in [-0.2, -0.15) is 13.2 Å². The van der Waals surface area contributed by atoms with Crippen LogP contribution in [-0.2, 0) is 6.18 Å². The maximum absolute atomic E-state index is 12.6. The van der Waals surface area contributed by atoms with E-state index < -0.39 is 17.6 Å². The monoisotopic (exact) mass is 291 g/mol. The second-order valence-electron chi connectivity index (χ2n) is 4.60. The average Bonchev–Trinajstić information content (AvgIpc) is 2.41. The zero-order valence-electron chi connectivity index (χ0n) is 11.2. The summed E-state index contributed by atoms with van der Waals surface area (Å²) in [6, 6.07) is 9.19. The molecular weight excluding hydrogens is 279 g/mol. The summed E-state index contributed by atoms with van der Waals surface area (Å²) in [5, 5.41) is 2.42. The van der Waals surface area contributed by atoms with Gasteiger partial charge in [0, 0.05) is 11.3 Å². The molecule has 2 rings (SSSR count). The molecular formula is C16H12F3NO. The maximum atomic E-state index is 12.6. The average molecular weight is 291 g/mol. The van der Waals surface area contributed by atoms with E-state index in [-0.39, 0.29) is 11.3 Å². The van der Waals surface area contributed by atoms with E-state index in [1.54, 1.807) is 19.1 Å². The van der Waals surface area contributed by atoms with Gasteiger partial charge in [0.25, 0.3) is 5.91 Å². The van der Waals surface area contributed by atoms with E-state index in [4.69, 9.17) is 6.92 Å². The van der Waals surface area contributed by atoms with Crippen LogP contribution in [0, 0.1) is 13.8 Å². The summed E-state index contributed by atoms with van der Waals surface area (Å²) in [6.07, 6.45) is -4.45. The quantitative estimate of drug-likeness (QED) is 0.877. The van der Waals surface area contributed by atoms with E-state index in [0.717, 1.165) is 17.7 Å². The minimum atomic E-state index is -4.45. The lowest BCUT2D eigenvalue weighted by atomic mass is 10.1. The highest BCUT2D eigenvalue weighted by atomic mass is 19.4. The normalized spacial score (nSPS) is 11.3. The molecule has 0 atom stereocenters. The number of rotatable bonds is 2. The van der Waals surface area contributed by atoms with Crippen molar-refractivity contribution in [3.63, 3.8) is 0 Å². The standard InChI is InChI=1S/C16H12F3NO/c1-10-6-7-12(8-11(10)2)15(21)20-14-5-3-4-13(9-14)16(17,18)19/h2-9H,1H3,(H,20,21). The maximum Gasteiger partial charge on any atom is 0.416 e. The molecule has 5 heteroatoms. The molecule has 0 bridgehead atoms. The Kier molecular flexibility index (Phi) is 4.02. The smallest absolute Gasteiger partial charge is 0.322 e. The summed E-state index contributed by atoms with van der Waals surface area (Å²) < 4.78 is 37.8. The van der Waals surface area contributed by atoms with Crippen molar-refractivity contribution in [2.24, 2.45) is 0 Å². The van der Waals surface area contributed by atoms with Crippen molar-refractivity contribution in [1.29, 1.82) is 0 Å². The zero-order valence-corrected chi connectivity index (χ0v) is 11.2. The highest BCUT2D eigenvalue weighted by Crippen LogP contribution is 2.30. The van der Waals surface area contributed by atoms with Crippen molar-refractivity contribution in [3.05, 3.63) is 71.6 Å². The topological polar surface area (TPSA) is 29.1 Å². The van der Waals surface area contributed by atoms with Crippen molar-refractivity contribution in [1.82, 2.24) is 0 Å². The number of anilines is 1. The van der Waals surface area contributed by atoms with Crippen molar-refractivity contribution >= 4 is 11.6 Å². The molecule has 2 radical (unpaired) electrons. The third-order valence-corrected chi connectivity index (χ3v) is 2.99. The first kappa shape index (κ1) is 15.1. The molecule has 0 spiro atoms. The van der Waals surface area contributed by atoms with Gasteiger partial charge in [-0.1, -0.05) is 12.1 Å². The first-order valence-electron chi connectivity index (χ1n) is 6.12. The second-order valence-corrected chi connectivity index (χ2v) is 4.60. The first-order valence-corrected chi connectivity index (χ1v) is 6.12. The predicted octanol–water partition coefficient (Wildman–Crippen LogP) is 4.33. The van der Waals surface area contributed by atoms with Crippen LogP contribution >= 0.6 is 0 Å². The molecule has 1 N–H and O–H groups in total. The van der Waals surface area contributed by atoms with Gasteiger partial charge in [-0.15, -0.1) is 0 Å². The van der Waals surface area contributed by atoms with Crippen LogP contribution in [0.1, 0.15) is 27.0 Å². The molecule has 0 heterocycles. The van der Waals surface area contributed by atoms with Crippen LogP contribution in [-0.4, -0.2) is 5.91 Å². The lowest BCUT2D eigenvalue weighted by Gasteiger charge is -2.10. The largest absolute Gasteiger partial charge is 0.416 e. The highest BCUT2D eigenvalue weighted by molar-refractivity contribution is 6.04. The van der Waals surface area contributed by atoms with Gasteiger partial charge >= 0.3 is 6.18 Å². The molecule has 0 fully saturated rings. The molecule has 2 aromatic rings.